The van der Waals surface area contributed by atoms with E-state index in [1.807, 2.05) is 0 Å². The van der Waals surface area contributed by atoms with E-state index >= 15 is 0 Å². The summed E-state index contributed by atoms with van der Waals surface area (Å²) in [4.78, 5) is 29.7. The third-order valence-corrected chi connectivity index (χ3v) is 7.39. The molecule has 2 amide bonds. The highest BCUT2D eigenvalue weighted by atomic mass is 16.2. The monoisotopic (exact) mass is 389 g/mol. The summed E-state index contributed by atoms with van der Waals surface area (Å²) in [6, 6.07) is 14.1. The SMILES string of the molecule is Cc1ccc(C23CC4CC(CC(C(=O)NNC(=O)c5ccccn5)(C4)C2)C3)cc1. The number of hydrogen-bond acceptors (Lipinski definition) is 3. The maximum atomic E-state index is 13.3. The summed E-state index contributed by atoms with van der Waals surface area (Å²) < 4.78 is 0. The van der Waals surface area contributed by atoms with Gasteiger partial charge in [-0.15, -0.1) is 0 Å². The second-order valence-corrected chi connectivity index (χ2v) is 9.51. The van der Waals surface area contributed by atoms with E-state index in [1.165, 1.54) is 30.4 Å². The average molecular weight is 389 g/mol. The lowest BCUT2D eigenvalue weighted by Crippen LogP contribution is -2.60. The Morgan fingerprint density at radius 1 is 0.966 bits per heavy atom. The summed E-state index contributed by atoms with van der Waals surface area (Å²) in [5.41, 5.74) is 7.98. The Bertz CT molecular complexity index is 924. The van der Waals surface area contributed by atoms with Crippen molar-refractivity contribution in [1.29, 1.82) is 0 Å². The second-order valence-electron chi connectivity index (χ2n) is 9.51. The highest BCUT2D eigenvalue weighted by Crippen LogP contribution is 2.65. The van der Waals surface area contributed by atoms with Crippen molar-refractivity contribution in [3.05, 3.63) is 65.5 Å². The maximum Gasteiger partial charge on any atom is 0.288 e. The Labute approximate surface area is 171 Å². The summed E-state index contributed by atoms with van der Waals surface area (Å²) in [7, 11) is 0. The summed E-state index contributed by atoms with van der Waals surface area (Å²) in [6.45, 7) is 2.11. The molecule has 2 N–H and O–H groups in total. The minimum absolute atomic E-state index is 0.0348. The van der Waals surface area contributed by atoms with Gasteiger partial charge in [0.1, 0.15) is 5.69 Å². The van der Waals surface area contributed by atoms with E-state index in [-0.39, 0.29) is 22.6 Å². The van der Waals surface area contributed by atoms with Crippen molar-refractivity contribution >= 4 is 11.8 Å². The van der Waals surface area contributed by atoms with Gasteiger partial charge in [-0.05, 0) is 80.4 Å². The lowest BCUT2D eigenvalue weighted by atomic mass is 9.42. The molecule has 4 saturated carbocycles. The number of aryl methyl sites for hydroxylation is 1. The van der Waals surface area contributed by atoms with Gasteiger partial charge in [-0.1, -0.05) is 35.9 Å². The van der Waals surface area contributed by atoms with Crippen LogP contribution < -0.4 is 10.9 Å². The van der Waals surface area contributed by atoms with Crippen LogP contribution in [-0.4, -0.2) is 16.8 Å². The summed E-state index contributed by atoms with van der Waals surface area (Å²) in [5.74, 6) is 0.772. The van der Waals surface area contributed by atoms with Crippen LogP contribution in [0.4, 0.5) is 0 Å². The molecule has 6 rings (SSSR count). The fraction of sp³-hybridized carbons (Fsp3) is 0.458. The van der Waals surface area contributed by atoms with Gasteiger partial charge in [0.15, 0.2) is 0 Å². The molecular weight excluding hydrogens is 362 g/mol. The molecule has 150 valence electrons. The molecule has 4 fully saturated rings. The summed E-state index contributed by atoms with van der Waals surface area (Å²) in [6.07, 6.45) is 7.92. The van der Waals surface area contributed by atoms with Gasteiger partial charge in [0.05, 0.1) is 5.41 Å². The summed E-state index contributed by atoms with van der Waals surface area (Å²) in [5, 5.41) is 0. The molecule has 1 heterocycles. The van der Waals surface area contributed by atoms with E-state index in [4.69, 9.17) is 0 Å². The van der Waals surface area contributed by atoms with E-state index in [1.54, 1.807) is 24.4 Å². The van der Waals surface area contributed by atoms with Gasteiger partial charge in [-0.25, -0.2) is 0 Å². The number of rotatable bonds is 3. The molecule has 4 aliphatic rings. The van der Waals surface area contributed by atoms with Crippen molar-refractivity contribution in [3.63, 3.8) is 0 Å². The van der Waals surface area contributed by atoms with Crippen molar-refractivity contribution in [2.45, 2.75) is 50.9 Å². The number of pyridine rings is 1. The molecule has 0 radical (unpaired) electrons. The average Bonchev–Trinajstić information content (AvgIpc) is 2.72. The van der Waals surface area contributed by atoms with Crippen LogP contribution >= 0.6 is 0 Å². The normalized spacial score (nSPS) is 32.0. The number of nitrogens with one attached hydrogen (secondary N) is 2. The number of carbonyl (C=O) groups is 2. The first-order valence-corrected chi connectivity index (χ1v) is 10.6. The van der Waals surface area contributed by atoms with E-state index in [2.05, 4.69) is 47.0 Å². The third-order valence-electron chi connectivity index (χ3n) is 7.39. The predicted molar refractivity (Wildman–Crippen MR) is 110 cm³/mol. The van der Waals surface area contributed by atoms with Crippen LogP contribution in [0.5, 0.6) is 0 Å². The third kappa shape index (κ3) is 3.13. The van der Waals surface area contributed by atoms with Gasteiger partial charge < -0.3 is 0 Å². The Kier molecular flexibility index (Phi) is 4.23. The van der Waals surface area contributed by atoms with Crippen molar-refractivity contribution in [2.75, 3.05) is 0 Å². The van der Waals surface area contributed by atoms with Gasteiger partial charge in [-0.3, -0.25) is 25.4 Å². The number of aromatic nitrogens is 1. The van der Waals surface area contributed by atoms with Crippen LogP contribution in [0.15, 0.2) is 48.7 Å². The van der Waals surface area contributed by atoms with Gasteiger partial charge in [-0.2, -0.15) is 0 Å². The van der Waals surface area contributed by atoms with Crippen molar-refractivity contribution in [2.24, 2.45) is 17.3 Å². The molecular formula is C24H27N3O2. The smallest absolute Gasteiger partial charge is 0.273 e. The number of hydrazine groups is 1. The lowest BCUT2D eigenvalue weighted by molar-refractivity contribution is -0.149. The number of carbonyl (C=O) groups excluding carboxylic acids is 2. The Balaban J connectivity index is 1.36. The highest BCUT2D eigenvalue weighted by molar-refractivity contribution is 5.94. The van der Waals surface area contributed by atoms with Crippen LogP contribution in [0, 0.1) is 24.2 Å². The maximum absolute atomic E-state index is 13.3. The molecule has 29 heavy (non-hydrogen) atoms. The fourth-order valence-corrected chi connectivity index (χ4v) is 6.58. The lowest BCUT2D eigenvalue weighted by Gasteiger charge is -2.61. The molecule has 0 spiro atoms. The van der Waals surface area contributed by atoms with Crippen molar-refractivity contribution < 1.29 is 9.59 Å². The van der Waals surface area contributed by atoms with Crippen LogP contribution in [0.1, 0.15) is 60.1 Å². The number of nitrogens with zero attached hydrogens (tertiary/aromatic N) is 1. The largest absolute Gasteiger partial charge is 0.288 e. The van der Waals surface area contributed by atoms with Crippen LogP contribution in [0.2, 0.25) is 0 Å². The zero-order valence-electron chi connectivity index (χ0n) is 16.8. The topological polar surface area (TPSA) is 71.1 Å². The molecule has 4 aliphatic carbocycles. The minimum atomic E-state index is -0.383. The molecule has 4 bridgehead atoms. The Hall–Kier alpha value is -2.69. The van der Waals surface area contributed by atoms with Gasteiger partial charge in [0.2, 0.25) is 5.91 Å². The van der Waals surface area contributed by atoms with Crippen molar-refractivity contribution in [3.8, 4) is 0 Å². The van der Waals surface area contributed by atoms with Gasteiger partial charge >= 0.3 is 0 Å². The van der Waals surface area contributed by atoms with Crippen LogP contribution in [0.3, 0.4) is 0 Å². The molecule has 2 aromatic rings. The predicted octanol–water partition coefficient (Wildman–Crippen LogP) is 3.69. The number of benzene rings is 1. The highest BCUT2D eigenvalue weighted by Gasteiger charge is 2.61. The first kappa shape index (κ1) is 18.3. The first-order valence-electron chi connectivity index (χ1n) is 10.6. The second kappa shape index (κ2) is 6.68. The quantitative estimate of drug-likeness (QED) is 0.787. The molecule has 0 saturated heterocycles. The van der Waals surface area contributed by atoms with E-state index in [9.17, 15) is 9.59 Å². The van der Waals surface area contributed by atoms with E-state index in [0.29, 0.717) is 17.5 Å². The zero-order valence-corrected chi connectivity index (χ0v) is 16.8. The molecule has 1 aromatic heterocycles. The van der Waals surface area contributed by atoms with E-state index in [0.717, 1.165) is 19.3 Å². The van der Waals surface area contributed by atoms with Gasteiger partial charge in [0.25, 0.3) is 5.91 Å². The molecule has 2 atom stereocenters. The Morgan fingerprint density at radius 2 is 1.69 bits per heavy atom. The Morgan fingerprint density at radius 3 is 2.34 bits per heavy atom. The first-order chi connectivity index (χ1) is 14.0. The molecule has 5 heteroatoms. The zero-order chi connectivity index (χ0) is 20.1. The fourth-order valence-electron chi connectivity index (χ4n) is 6.58. The molecule has 5 nitrogen and oxygen atoms in total. The number of hydrogen-bond donors (Lipinski definition) is 2. The van der Waals surface area contributed by atoms with Crippen LogP contribution in [-0.2, 0) is 10.2 Å². The minimum Gasteiger partial charge on any atom is -0.273 e. The molecule has 2 unspecified atom stereocenters. The standard InChI is InChI=1S/C24H27N3O2/c1-16-5-7-19(8-6-16)23-11-17-10-18(12-23)14-24(13-17,15-23)22(29)27-26-21(28)20-4-2-3-9-25-20/h2-9,17-18H,10-15H2,1H3,(H,26,28)(H,27,29). The number of amides is 2. The van der Waals surface area contributed by atoms with Gasteiger partial charge in [0, 0.05) is 6.20 Å². The van der Waals surface area contributed by atoms with Crippen LogP contribution in [0.25, 0.3) is 0 Å². The van der Waals surface area contributed by atoms with E-state index < -0.39 is 0 Å². The van der Waals surface area contributed by atoms with Crippen molar-refractivity contribution in [1.82, 2.24) is 15.8 Å². The molecule has 0 aliphatic heterocycles. The summed E-state index contributed by atoms with van der Waals surface area (Å²) >= 11 is 0. The molecule has 1 aromatic carbocycles.